The average molecular weight is 307 g/mol. The van der Waals surface area contributed by atoms with Crippen molar-refractivity contribution >= 4 is 29.3 Å². The quantitative estimate of drug-likeness (QED) is 0.836. The first-order chi connectivity index (χ1) is 10.0. The molecule has 0 bridgehead atoms. The largest absolute Gasteiger partial charge is 0.333 e. The SMILES string of the molecule is CSc1cc(C(=O)N2CCNC[C@@H]2C)ccc1NC(C)=O. The van der Waals surface area contributed by atoms with Crippen molar-refractivity contribution in [1.82, 2.24) is 10.2 Å². The minimum absolute atomic E-state index is 0.0497. The highest BCUT2D eigenvalue weighted by Gasteiger charge is 2.24. The molecule has 1 aliphatic rings. The van der Waals surface area contributed by atoms with Gasteiger partial charge in [-0.2, -0.15) is 0 Å². The molecule has 0 spiro atoms. The number of rotatable bonds is 3. The molecular formula is C15H21N3O2S. The molecule has 21 heavy (non-hydrogen) atoms. The molecule has 6 heteroatoms. The fourth-order valence-corrected chi connectivity index (χ4v) is 3.01. The third-order valence-electron chi connectivity index (χ3n) is 3.52. The lowest BCUT2D eigenvalue weighted by Crippen LogP contribution is -2.52. The Kier molecular flexibility index (Phi) is 5.25. The number of thioether (sulfide) groups is 1. The van der Waals surface area contributed by atoms with Crippen molar-refractivity contribution in [3.8, 4) is 0 Å². The number of benzene rings is 1. The Morgan fingerprint density at radius 3 is 2.81 bits per heavy atom. The predicted octanol–water partition coefficient (Wildman–Crippen LogP) is 1.80. The first-order valence-corrected chi connectivity index (χ1v) is 8.22. The lowest BCUT2D eigenvalue weighted by atomic mass is 10.1. The third kappa shape index (κ3) is 3.77. The number of amides is 2. The summed E-state index contributed by atoms with van der Waals surface area (Å²) >= 11 is 1.52. The molecule has 1 aliphatic heterocycles. The van der Waals surface area contributed by atoms with Gasteiger partial charge in [-0.15, -0.1) is 11.8 Å². The normalized spacial score (nSPS) is 18.4. The van der Waals surface area contributed by atoms with E-state index in [1.165, 1.54) is 18.7 Å². The first kappa shape index (κ1) is 15.9. The highest BCUT2D eigenvalue weighted by Crippen LogP contribution is 2.27. The van der Waals surface area contributed by atoms with E-state index in [0.717, 1.165) is 30.2 Å². The lowest BCUT2D eigenvalue weighted by molar-refractivity contribution is -0.114. The Hall–Kier alpha value is -1.53. The number of hydrogen-bond acceptors (Lipinski definition) is 4. The third-order valence-corrected chi connectivity index (χ3v) is 4.30. The molecule has 1 heterocycles. The van der Waals surface area contributed by atoms with Crippen LogP contribution in [0.4, 0.5) is 5.69 Å². The van der Waals surface area contributed by atoms with Crippen LogP contribution in [0.1, 0.15) is 24.2 Å². The van der Waals surface area contributed by atoms with E-state index in [1.54, 1.807) is 12.1 Å². The minimum Gasteiger partial charge on any atom is -0.333 e. The second-order valence-electron chi connectivity index (χ2n) is 5.15. The highest BCUT2D eigenvalue weighted by atomic mass is 32.2. The van der Waals surface area contributed by atoms with E-state index in [0.29, 0.717) is 5.56 Å². The molecular weight excluding hydrogens is 286 g/mol. The second-order valence-corrected chi connectivity index (χ2v) is 6.00. The molecule has 0 aromatic heterocycles. The fraction of sp³-hybridized carbons (Fsp3) is 0.467. The van der Waals surface area contributed by atoms with Crippen LogP contribution in [0.25, 0.3) is 0 Å². The topological polar surface area (TPSA) is 61.4 Å². The van der Waals surface area contributed by atoms with E-state index in [4.69, 9.17) is 0 Å². The standard InChI is InChI=1S/C15H21N3O2S/c1-10-9-16-6-7-18(10)15(20)12-4-5-13(17-11(2)19)14(8-12)21-3/h4-5,8,10,16H,6-7,9H2,1-3H3,(H,17,19)/t10-/m0/s1. The van der Waals surface area contributed by atoms with Crippen molar-refractivity contribution in [3.05, 3.63) is 23.8 Å². The maximum absolute atomic E-state index is 12.6. The van der Waals surface area contributed by atoms with Crippen LogP contribution in [0.5, 0.6) is 0 Å². The van der Waals surface area contributed by atoms with Gasteiger partial charge in [0, 0.05) is 43.1 Å². The summed E-state index contributed by atoms with van der Waals surface area (Å²) in [5.41, 5.74) is 1.42. The van der Waals surface area contributed by atoms with Gasteiger partial charge in [0.2, 0.25) is 5.91 Å². The Morgan fingerprint density at radius 2 is 2.19 bits per heavy atom. The second kappa shape index (κ2) is 6.95. The molecule has 2 rings (SSSR count). The summed E-state index contributed by atoms with van der Waals surface area (Å²) in [4.78, 5) is 26.6. The predicted molar refractivity (Wildman–Crippen MR) is 85.9 cm³/mol. The van der Waals surface area contributed by atoms with E-state index in [1.807, 2.05) is 24.1 Å². The zero-order chi connectivity index (χ0) is 15.4. The van der Waals surface area contributed by atoms with E-state index in [-0.39, 0.29) is 17.9 Å². The van der Waals surface area contributed by atoms with E-state index in [9.17, 15) is 9.59 Å². The van der Waals surface area contributed by atoms with Crippen molar-refractivity contribution in [3.63, 3.8) is 0 Å². The molecule has 0 unspecified atom stereocenters. The number of nitrogens with one attached hydrogen (secondary N) is 2. The molecule has 5 nitrogen and oxygen atoms in total. The van der Waals surface area contributed by atoms with Crippen LogP contribution in [0.3, 0.4) is 0 Å². The molecule has 2 amide bonds. The minimum atomic E-state index is -0.111. The van der Waals surface area contributed by atoms with Gasteiger partial charge >= 0.3 is 0 Å². The van der Waals surface area contributed by atoms with Crippen molar-refractivity contribution in [2.75, 3.05) is 31.2 Å². The zero-order valence-corrected chi connectivity index (χ0v) is 13.4. The maximum atomic E-state index is 12.6. The molecule has 0 aliphatic carbocycles. The summed E-state index contributed by atoms with van der Waals surface area (Å²) < 4.78 is 0. The Balaban J connectivity index is 2.23. The molecule has 1 aromatic carbocycles. The highest BCUT2D eigenvalue weighted by molar-refractivity contribution is 7.98. The summed E-state index contributed by atoms with van der Waals surface area (Å²) in [5, 5.41) is 6.06. The van der Waals surface area contributed by atoms with E-state index in [2.05, 4.69) is 10.6 Å². The molecule has 1 saturated heterocycles. The number of hydrogen-bond donors (Lipinski definition) is 2. The van der Waals surface area contributed by atoms with Gasteiger partial charge in [0.15, 0.2) is 0 Å². The molecule has 2 N–H and O–H groups in total. The summed E-state index contributed by atoms with van der Waals surface area (Å²) in [5.74, 6) is -0.0613. The summed E-state index contributed by atoms with van der Waals surface area (Å²) in [6, 6.07) is 5.63. The smallest absolute Gasteiger partial charge is 0.254 e. The number of anilines is 1. The Bertz CT molecular complexity index is 548. The molecule has 1 atom stereocenters. The molecule has 114 valence electrons. The van der Waals surface area contributed by atoms with E-state index >= 15 is 0 Å². The van der Waals surface area contributed by atoms with Crippen LogP contribution in [0.2, 0.25) is 0 Å². The van der Waals surface area contributed by atoms with Crippen molar-refractivity contribution in [2.24, 2.45) is 0 Å². The van der Waals surface area contributed by atoms with Gasteiger partial charge < -0.3 is 15.5 Å². The first-order valence-electron chi connectivity index (χ1n) is 7.00. The number of carbonyl (C=O) groups excluding carboxylic acids is 2. The summed E-state index contributed by atoms with van der Waals surface area (Å²) in [6.07, 6.45) is 1.93. The molecule has 1 fully saturated rings. The average Bonchev–Trinajstić information content (AvgIpc) is 2.47. The molecule has 0 radical (unpaired) electrons. The number of piperazine rings is 1. The zero-order valence-electron chi connectivity index (χ0n) is 12.6. The van der Waals surface area contributed by atoms with E-state index < -0.39 is 0 Å². The van der Waals surface area contributed by atoms with Crippen molar-refractivity contribution in [1.29, 1.82) is 0 Å². The van der Waals surface area contributed by atoms with Gasteiger partial charge in [0.05, 0.1) is 5.69 Å². The number of carbonyl (C=O) groups is 2. The van der Waals surface area contributed by atoms with Crippen LogP contribution < -0.4 is 10.6 Å². The summed E-state index contributed by atoms with van der Waals surface area (Å²) in [7, 11) is 0. The molecule has 0 saturated carbocycles. The van der Waals surface area contributed by atoms with Crippen LogP contribution in [0, 0.1) is 0 Å². The van der Waals surface area contributed by atoms with Crippen LogP contribution in [-0.2, 0) is 4.79 Å². The van der Waals surface area contributed by atoms with Crippen molar-refractivity contribution in [2.45, 2.75) is 24.8 Å². The van der Waals surface area contributed by atoms with Crippen LogP contribution >= 0.6 is 11.8 Å². The van der Waals surface area contributed by atoms with Gasteiger partial charge in [-0.3, -0.25) is 9.59 Å². The lowest BCUT2D eigenvalue weighted by Gasteiger charge is -2.34. The van der Waals surface area contributed by atoms with Crippen molar-refractivity contribution < 1.29 is 9.59 Å². The van der Waals surface area contributed by atoms with Gasteiger partial charge in [-0.05, 0) is 31.4 Å². The van der Waals surface area contributed by atoms with Gasteiger partial charge in [-0.1, -0.05) is 0 Å². The summed E-state index contributed by atoms with van der Waals surface area (Å²) in [6.45, 7) is 5.90. The van der Waals surface area contributed by atoms with Crippen LogP contribution in [0.15, 0.2) is 23.1 Å². The van der Waals surface area contributed by atoms with Gasteiger partial charge in [0.1, 0.15) is 0 Å². The van der Waals surface area contributed by atoms with Gasteiger partial charge in [-0.25, -0.2) is 0 Å². The number of nitrogens with zero attached hydrogens (tertiary/aromatic N) is 1. The molecule has 1 aromatic rings. The maximum Gasteiger partial charge on any atom is 0.254 e. The monoisotopic (exact) mass is 307 g/mol. The Morgan fingerprint density at radius 1 is 1.43 bits per heavy atom. The Labute approximate surface area is 129 Å². The fourth-order valence-electron chi connectivity index (χ4n) is 2.43. The van der Waals surface area contributed by atoms with Gasteiger partial charge in [0.25, 0.3) is 5.91 Å². The van der Waals surface area contributed by atoms with Crippen LogP contribution in [-0.4, -0.2) is 48.6 Å².